The molecule has 0 spiro atoms. The van der Waals surface area contributed by atoms with Crippen LogP contribution in [0.4, 0.5) is 0 Å². The maximum atomic E-state index is 10.4. The molecule has 4 nitrogen and oxygen atoms in total. The molecule has 1 rings (SSSR count). The van der Waals surface area contributed by atoms with Gasteiger partial charge in [-0.1, -0.05) is 0 Å². The summed E-state index contributed by atoms with van der Waals surface area (Å²) in [5, 5.41) is 12.4. The zero-order chi connectivity index (χ0) is 8.43. The molecule has 0 saturated heterocycles. The van der Waals surface area contributed by atoms with Crippen molar-refractivity contribution in [2.24, 2.45) is 0 Å². The zero-order valence-corrected chi connectivity index (χ0v) is 6.48. The summed E-state index contributed by atoms with van der Waals surface area (Å²) >= 11 is 0. The van der Waals surface area contributed by atoms with E-state index in [1.54, 1.807) is 4.68 Å². The predicted octanol–water partition coefficient (Wildman–Crippen LogP) is 1.16. The molecule has 1 aromatic heterocycles. The fraction of sp³-hybridized carbons (Fsp3) is 0.429. The van der Waals surface area contributed by atoms with Gasteiger partial charge in [-0.15, -0.1) is 0 Å². The van der Waals surface area contributed by atoms with E-state index in [1.807, 2.05) is 13.8 Å². The summed E-state index contributed by atoms with van der Waals surface area (Å²) in [5.41, 5.74) is 0.235. The van der Waals surface area contributed by atoms with Crippen LogP contribution in [0.15, 0.2) is 12.4 Å². The first-order valence-electron chi connectivity index (χ1n) is 3.38. The van der Waals surface area contributed by atoms with Crippen LogP contribution in [-0.2, 0) is 0 Å². The Kier molecular flexibility index (Phi) is 1.94. The number of carboxylic acids is 1. The van der Waals surface area contributed by atoms with Crippen molar-refractivity contribution in [3.63, 3.8) is 0 Å². The van der Waals surface area contributed by atoms with Crippen molar-refractivity contribution in [3.8, 4) is 0 Å². The van der Waals surface area contributed by atoms with Gasteiger partial charge in [0, 0.05) is 12.2 Å². The Labute approximate surface area is 64.5 Å². The Hall–Kier alpha value is -1.32. The van der Waals surface area contributed by atoms with Crippen LogP contribution in [-0.4, -0.2) is 20.9 Å². The van der Waals surface area contributed by atoms with Gasteiger partial charge in [0.1, 0.15) is 0 Å². The third kappa shape index (κ3) is 1.58. The van der Waals surface area contributed by atoms with Crippen LogP contribution in [0.3, 0.4) is 0 Å². The fourth-order valence-corrected chi connectivity index (χ4v) is 0.731. The second kappa shape index (κ2) is 2.74. The highest BCUT2D eigenvalue weighted by molar-refractivity contribution is 5.86. The largest absolute Gasteiger partial charge is 0.478 e. The van der Waals surface area contributed by atoms with Crippen molar-refractivity contribution in [1.82, 2.24) is 9.78 Å². The monoisotopic (exact) mass is 154 g/mol. The molecule has 0 atom stereocenters. The molecule has 0 fully saturated rings. The van der Waals surface area contributed by atoms with E-state index in [9.17, 15) is 4.79 Å². The van der Waals surface area contributed by atoms with Crippen LogP contribution in [0, 0.1) is 0 Å². The SMILES string of the molecule is CC(C)n1cc(C(=O)O)cn1. The maximum absolute atomic E-state index is 10.4. The number of carboxylic acid groups (broad SMARTS) is 1. The van der Waals surface area contributed by atoms with Crippen molar-refractivity contribution in [2.45, 2.75) is 19.9 Å². The first-order valence-corrected chi connectivity index (χ1v) is 3.38. The lowest BCUT2D eigenvalue weighted by Gasteiger charge is -2.02. The number of hydrogen-bond acceptors (Lipinski definition) is 2. The van der Waals surface area contributed by atoms with Crippen molar-refractivity contribution in [2.75, 3.05) is 0 Å². The van der Waals surface area contributed by atoms with Crippen LogP contribution in [0.2, 0.25) is 0 Å². The number of carbonyl (C=O) groups is 1. The third-order valence-electron chi connectivity index (χ3n) is 1.38. The second-order valence-corrected chi connectivity index (χ2v) is 2.61. The van der Waals surface area contributed by atoms with Crippen molar-refractivity contribution in [3.05, 3.63) is 18.0 Å². The van der Waals surface area contributed by atoms with E-state index >= 15 is 0 Å². The van der Waals surface area contributed by atoms with Crippen LogP contribution in [0.5, 0.6) is 0 Å². The van der Waals surface area contributed by atoms with Gasteiger partial charge in [0.15, 0.2) is 0 Å². The molecular weight excluding hydrogens is 144 g/mol. The van der Waals surface area contributed by atoms with Gasteiger partial charge in [0.25, 0.3) is 0 Å². The molecular formula is C7H10N2O2. The Morgan fingerprint density at radius 1 is 1.73 bits per heavy atom. The molecule has 0 aromatic carbocycles. The van der Waals surface area contributed by atoms with Crippen LogP contribution >= 0.6 is 0 Å². The zero-order valence-electron chi connectivity index (χ0n) is 6.48. The van der Waals surface area contributed by atoms with Crippen molar-refractivity contribution < 1.29 is 9.90 Å². The summed E-state index contributed by atoms with van der Waals surface area (Å²) in [6.45, 7) is 3.89. The molecule has 0 radical (unpaired) electrons. The molecule has 1 N–H and O–H groups in total. The van der Waals surface area contributed by atoms with Gasteiger partial charge in [-0.3, -0.25) is 4.68 Å². The van der Waals surface area contributed by atoms with Crippen LogP contribution in [0.25, 0.3) is 0 Å². The molecule has 0 aliphatic carbocycles. The summed E-state index contributed by atoms with van der Waals surface area (Å²) in [7, 11) is 0. The minimum atomic E-state index is -0.933. The molecule has 11 heavy (non-hydrogen) atoms. The van der Waals surface area contributed by atoms with E-state index in [2.05, 4.69) is 5.10 Å². The minimum Gasteiger partial charge on any atom is -0.478 e. The normalized spacial score (nSPS) is 10.5. The molecule has 4 heteroatoms. The van der Waals surface area contributed by atoms with E-state index in [0.717, 1.165) is 0 Å². The average Bonchev–Trinajstić information content (AvgIpc) is 2.33. The van der Waals surface area contributed by atoms with Gasteiger partial charge in [-0.05, 0) is 13.8 Å². The van der Waals surface area contributed by atoms with Gasteiger partial charge >= 0.3 is 5.97 Å². The molecule has 0 amide bonds. The van der Waals surface area contributed by atoms with Gasteiger partial charge in [-0.25, -0.2) is 4.79 Å². The summed E-state index contributed by atoms with van der Waals surface area (Å²) in [6, 6.07) is 0.211. The molecule has 0 unspecified atom stereocenters. The molecule has 0 saturated carbocycles. The number of hydrogen-bond donors (Lipinski definition) is 1. The van der Waals surface area contributed by atoms with E-state index in [0.29, 0.717) is 0 Å². The highest BCUT2D eigenvalue weighted by Crippen LogP contribution is 2.04. The lowest BCUT2D eigenvalue weighted by atomic mass is 10.3. The lowest BCUT2D eigenvalue weighted by molar-refractivity contribution is 0.0697. The smallest absolute Gasteiger partial charge is 0.338 e. The summed E-state index contributed by atoms with van der Waals surface area (Å²) in [4.78, 5) is 10.4. The summed E-state index contributed by atoms with van der Waals surface area (Å²) < 4.78 is 1.61. The Morgan fingerprint density at radius 3 is 2.64 bits per heavy atom. The van der Waals surface area contributed by atoms with Crippen LogP contribution < -0.4 is 0 Å². The summed E-state index contributed by atoms with van der Waals surface area (Å²) in [6.07, 6.45) is 2.87. The molecule has 1 aromatic rings. The van der Waals surface area contributed by atoms with E-state index in [4.69, 9.17) is 5.11 Å². The van der Waals surface area contributed by atoms with Gasteiger partial charge in [0.05, 0.1) is 11.8 Å². The van der Waals surface area contributed by atoms with Gasteiger partial charge in [0.2, 0.25) is 0 Å². The van der Waals surface area contributed by atoms with E-state index in [-0.39, 0.29) is 11.6 Å². The first kappa shape index (κ1) is 7.78. The van der Waals surface area contributed by atoms with Crippen molar-refractivity contribution >= 4 is 5.97 Å². The van der Waals surface area contributed by atoms with Crippen LogP contribution in [0.1, 0.15) is 30.2 Å². The predicted molar refractivity (Wildman–Crippen MR) is 39.6 cm³/mol. The minimum absolute atomic E-state index is 0.211. The molecule has 0 bridgehead atoms. The van der Waals surface area contributed by atoms with E-state index in [1.165, 1.54) is 12.4 Å². The highest BCUT2D eigenvalue weighted by atomic mass is 16.4. The number of rotatable bonds is 2. The quantitative estimate of drug-likeness (QED) is 0.695. The third-order valence-corrected chi connectivity index (χ3v) is 1.38. The average molecular weight is 154 g/mol. The first-order chi connectivity index (χ1) is 5.11. The topological polar surface area (TPSA) is 55.1 Å². The molecule has 1 heterocycles. The molecule has 60 valence electrons. The summed E-state index contributed by atoms with van der Waals surface area (Å²) in [5.74, 6) is -0.933. The Balaban J connectivity index is 2.90. The maximum Gasteiger partial charge on any atom is 0.338 e. The fourth-order valence-electron chi connectivity index (χ4n) is 0.731. The number of aromatic carboxylic acids is 1. The number of aromatic nitrogens is 2. The molecule has 0 aliphatic rings. The van der Waals surface area contributed by atoms with Gasteiger partial charge in [-0.2, -0.15) is 5.10 Å². The standard InChI is InChI=1S/C7H10N2O2/c1-5(2)9-4-6(3-8-9)7(10)11/h3-5H,1-2H3,(H,10,11). The van der Waals surface area contributed by atoms with Gasteiger partial charge < -0.3 is 5.11 Å². The van der Waals surface area contributed by atoms with E-state index < -0.39 is 5.97 Å². The second-order valence-electron chi connectivity index (χ2n) is 2.61. The Morgan fingerprint density at radius 2 is 2.36 bits per heavy atom. The highest BCUT2D eigenvalue weighted by Gasteiger charge is 2.06. The van der Waals surface area contributed by atoms with Crippen molar-refractivity contribution in [1.29, 1.82) is 0 Å². The lowest BCUT2D eigenvalue weighted by Crippen LogP contribution is -2.00. The number of nitrogens with zero attached hydrogens (tertiary/aromatic N) is 2. The Bertz CT molecular complexity index is 265. The molecule has 0 aliphatic heterocycles.